The zero-order valence-electron chi connectivity index (χ0n) is 19.5. The van der Waals surface area contributed by atoms with Crippen LogP contribution in [-0.4, -0.2) is 0 Å². The van der Waals surface area contributed by atoms with Gasteiger partial charge in [-0.15, -0.1) is 0 Å². The van der Waals surface area contributed by atoms with Crippen molar-refractivity contribution in [3.8, 4) is 0 Å². The van der Waals surface area contributed by atoms with Crippen LogP contribution in [0.3, 0.4) is 0 Å². The largest absolute Gasteiger partial charge is 4.00 e. The molecule has 0 aliphatic rings. The van der Waals surface area contributed by atoms with Crippen molar-refractivity contribution in [2.24, 2.45) is 0 Å². The van der Waals surface area contributed by atoms with Gasteiger partial charge in [0.15, 0.2) is 0 Å². The van der Waals surface area contributed by atoms with Gasteiger partial charge >= 0.3 is 26.2 Å². The zero-order valence-corrected chi connectivity index (χ0v) is 23.5. The van der Waals surface area contributed by atoms with Crippen molar-refractivity contribution in [1.82, 2.24) is 0 Å². The third-order valence-electron chi connectivity index (χ3n) is 6.71. The Balaban J connectivity index is -0.000000422. The smallest absolute Gasteiger partial charge is 1.00 e. The van der Waals surface area contributed by atoms with Gasteiger partial charge in [0.25, 0.3) is 0 Å². The molecule has 0 saturated carbocycles. The molecule has 29 heavy (non-hydrogen) atoms. The van der Waals surface area contributed by atoms with Gasteiger partial charge in [-0.05, 0) is 0 Å². The Labute approximate surface area is 213 Å². The van der Waals surface area contributed by atoms with E-state index < -0.39 is 0 Å². The van der Waals surface area contributed by atoms with Gasteiger partial charge in [-0.25, -0.2) is 24.3 Å². The molecule has 0 heterocycles. The average molecular weight is 517 g/mol. The second-order valence-electron chi connectivity index (χ2n) is 7.82. The van der Waals surface area contributed by atoms with Crippen LogP contribution in [-0.2, 0) is 37.0 Å². The minimum absolute atomic E-state index is 0. The van der Waals surface area contributed by atoms with E-state index in [1.807, 2.05) is 0 Å². The quantitative estimate of drug-likeness (QED) is 0.426. The molecule has 0 unspecified atom stereocenters. The second-order valence-corrected chi connectivity index (χ2v) is 7.82. The molecule has 0 saturated heterocycles. The molecule has 0 amide bonds. The first kappa shape index (κ1) is 33.8. The van der Waals surface area contributed by atoms with E-state index in [-0.39, 0.29) is 51.0 Å². The summed E-state index contributed by atoms with van der Waals surface area (Å²) in [4.78, 5) is 0. The van der Waals surface area contributed by atoms with Crippen LogP contribution in [0.2, 0.25) is 0 Å². The number of hydrogen-bond acceptors (Lipinski definition) is 0. The number of rotatable bonds is 10. The molecule has 0 radical (unpaired) electrons. The van der Waals surface area contributed by atoms with Crippen LogP contribution in [0.25, 0.3) is 0 Å². The predicted molar refractivity (Wildman–Crippen MR) is 118 cm³/mol. The SMILES string of the molecule is CCCC(CC)(CC)[c-]1cccc1.CCCC(CC)(CC)[c-]1cccc1.[Cl-].[Cl-].[Zr+4]. The molecule has 0 nitrogen and oxygen atoms in total. The molecule has 0 spiro atoms. The van der Waals surface area contributed by atoms with Crippen LogP contribution < -0.4 is 24.8 Å². The molecule has 2 aromatic rings. The van der Waals surface area contributed by atoms with Gasteiger partial charge in [-0.3, -0.25) is 0 Å². The summed E-state index contributed by atoms with van der Waals surface area (Å²) < 4.78 is 0. The maximum atomic E-state index is 2.31. The van der Waals surface area contributed by atoms with Gasteiger partial charge in [0.1, 0.15) is 0 Å². The van der Waals surface area contributed by atoms with Crippen LogP contribution >= 0.6 is 0 Å². The Bertz CT molecular complexity index is 497. The standard InChI is InChI=1S/2C13H21.2ClH.Zr/c2*1-4-11-13(5-2,6-3)12-9-7-8-10-12;;;/h2*7-10H,4-6,11H2,1-3H3;2*1H;/q2*-1;;;+4/p-2. The average Bonchev–Trinajstić information content (AvgIpc) is 3.39. The molecule has 3 heteroatoms. The summed E-state index contributed by atoms with van der Waals surface area (Å²) in [7, 11) is 0. The van der Waals surface area contributed by atoms with Crippen molar-refractivity contribution in [2.75, 3.05) is 0 Å². The van der Waals surface area contributed by atoms with Crippen molar-refractivity contribution in [3.05, 3.63) is 59.7 Å². The molecule has 0 aliphatic carbocycles. The van der Waals surface area contributed by atoms with Crippen molar-refractivity contribution >= 4 is 0 Å². The molecular weight excluding hydrogens is 474 g/mol. The maximum Gasteiger partial charge on any atom is 4.00 e. The van der Waals surface area contributed by atoms with Gasteiger partial charge in [-0.1, -0.05) is 104 Å². The maximum absolute atomic E-state index is 2.31. The van der Waals surface area contributed by atoms with Crippen LogP contribution in [0, 0.1) is 0 Å². The molecule has 2 rings (SSSR count). The minimum Gasteiger partial charge on any atom is -1.00 e. The van der Waals surface area contributed by atoms with Gasteiger partial charge in [-0.2, -0.15) is 35.4 Å². The summed E-state index contributed by atoms with van der Waals surface area (Å²) in [6.07, 6.45) is 10.3. The Hall–Kier alpha value is 0.163. The summed E-state index contributed by atoms with van der Waals surface area (Å²) in [6.45, 7) is 13.8. The molecule has 2 aromatic carbocycles. The van der Waals surface area contributed by atoms with Crippen molar-refractivity contribution in [2.45, 2.75) is 104 Å². The molecule has 0 fully saturated rings. The minimum atomic E-state index is 0. The molecular formula is C26H42Cl2Zr. The van der Waals surface area contributed by atoms with Gasteiger partial charge in [0.05, 0.1) is 0 Å². The van der Waals surface area contributed by atoms with E-state index in [4.69, 9.17) is 0 Å². The Morgan fingerprint density at radius 1 is 0.517 bits per heavy atom. The Morgan fingerprint density at radius 2 is 0.759 bits per heavy atom. The van der Waals surface area contributed by atoms with Gasteiger partial charge in [0, 0.05) is 0 Å². The summed E-state index contributed by atoms with van der Waals surface area (Å²) in [5.74, 6) is 0. The fourth-order valence-corrected chi connectivity index (χ4v) is 4.72. The van der Waals surface area contributed by atoms with Crippen molar-refractivity contribution < 1.29 is 51.0 Å². The summed E-state index contributed by atoms with van der Waals surface area (Å²) in [6, 6.07) is 17.8. The summed E-state index contributed by atoms with van der Waals surface area (Å²) >= 11 is 0. The normalized spacial score (nSPS) is 10.7. The fourth-order valence-electron chi connectivity index (χ4n) is 4.72. The van der Waals surface area contributed by atoms with E-state index in [0.717, 1.165) is 0 Å². The summed E-state index contributed by atoms with van der Waals surface area (Å²) in [5, 5.41) is 0. The molecule has 0 aromatic heterocycles. The third kappa shape index (κ3) is 9.05. The first-order valence-electron chi connectivity index (χ1n) is 11.0. The monoisotopic (exact) mass is 514 g/mol. The van der Waals surface area contributed by atoms with Crippen LogP contribution in [0.1, 0.15) is 104 Å². The zero-order chi connectivity index (χ0) is 19.5. The van der Waals surface area contributed by atoms with Crippen molar-refractivity contribution in [3.63, 3.8) is 0 Å². The second kappa shape index (κ2) is 17.8. The van der Waals surface area contributed by atoms with Crippen LogP contribution in [0.4, 0.5) is 0 Å². The van der Waals surface area contributed by atoms with E-state index in [9.17, 15) is 0 Å². The van der Waals surface area contributed by atoms with Crippen LogP contribution in [0.5, 0.6) is 0 Å². The van der Waals surface area contributed by atoms with E-state index in [1.54, 1.807) is 11.1 Å². The summed E-state index contributed by atoms with van der Waals surface area (Å²) in [5.41, 5.74) is 4.00. The fraction of sp³-hybridized carbons (Fsp3) is 0.615. The number of halogens is 2. The number of hydrogen-bond donors (Lipinski definition) is 0. The van der Waals surface area contributed by atoms with E-state index >= 15 is 0 Å². The first-order chi connectivity index (χ1) is 12.6. The van der Waals surface area contributed by atoms with E-state index in [2.05, 4.69) is 90.1 Å². The molecule has 164 valence electrons. The molecule has 0 aliphatic heterocycles. The molecule has 0 atom stereocenters. The van der Waals surface area contributed by atoms with Crippen molar-refractivity contribution in [1.29, 1.82) is 0 Å². The van der Waals surface area contributed by atoms with Gasteiger partial charge in [0.2, 0.25) is 0 Å². The molecule has 0 bridgehead atoms. The van der Waals surface area contributed by atoms with Gasteiger partial charge < -0.3 is 24.8 Å². The molecule has 0 N–H and O–H groups in total. The Morgan fingerprint density at radius 3 is 0.931 bits per heavy atom. The predicted octanol–water partition coefficient (Wildman–Crippen LogP) is 2.53. The van der Waals surface area contributed by atoms with E-state index in [1.165, 1.54) is 51.4 Å². The first-order valence-corrected chi connectivity index (χ1v) is 11.0. The van der Waals surface area contributed by atoms with Crippen LogP contribution in [0.15, 0.2) is 48.5 Å². The topological polar surface area (TPSA) is 0 Å². The third-order valence-corrected chi connectivity index (χ3v) is 6.71. The Kier molecular flexibility index (Phi) is 20.7. The van der Waals surface area contributed by atoms with E-state index in [0.29, 0.717) is 10.8 Å².